The van der Waals surface area contributed by atoms with Crippen molar-refractivity contribution in [1.82, 2.24) is 20.2 Å². The molecule has 8 heteroatoms. The minimum atomic E-state index is -0.134. The Labute approximate surface area is 125 Å². The number of nitrogens with zero attached hydrogens (tertiary/aromatic N) is 4. The van der Waals surface area contributed by atoms with Gasteiger partial charge in [0.25, 0.3) is 0 Å². The first-order chi connectivity index (χ1) is 9.69. The number of aromatic nitrogens is 4. The van der Waals surface area contributed by atoms with Gasteiger partial charge in [0.2, 0.25) is 11.1 Å². The molecule has 0 unspecified atom stereocenters. The molecule has 0 saturated carbocycles. The van der Waals surface area contributed by atoms with Crippen molar-refractivity contribution in [2.24, 2.45) is 0 Å². The molecular formula is C12H12ClN5OS. The Morgan fingerprint density at radius 2 is 2.20 bits per heavy atom. The number of amides is 1. The van der Waals surface area contributed by atoms with Crippen molar-refractivity contribution >= 4 is 35.0 Å². The lowest BCUT2D eigenvalue weighted by molar-refractivity contribution is -0.113. The van der Waals surface area contributed by atoms with Crippen LogP contribution in [0.5, 0.6) is 0 Å². The maximum Gasteiger partial charge on any atom is 0.234 e. The molecule has 0 saturated heterocycles. The van der Waals surface area contributed by atoms with Gasteiger partial charge >= 0.3 is 0 Å². The smallest absolute Gasteiger partial charge is 0.234 e. The summed E-state index contributed by atoms with van der Waals surface area (Å²) in [4.78, 5) is 11.8. The van der Waals surface area contributed by atoms with Gasteiger partial charge < -0.3 is 5.32 Å². The maximum absolute atomic E-state index is 11.8. The van der Waals surface area contributed by atoms with Crippen molar-refractivity contribution in [3.63, 3.8) is 0 Å². The van der Waals surface area contributed by atoms with E-state index in [2.05, 4.69) is 27.4 Å². The highest BCUT2D eigenvalue weighted by molar-refractivity contribution is 7.99. The van der Waals surface area contributed by atoms with Crippen LogP contribution in [0.4, 0.5) is 5.69 Å². The minimum absolute atomic E-state index is 0.134. The summed E-state index contributed by atoms with van der Waals surface area (Å²) >= 11 is 7.04. The first kappa shape index (κ1) is 14.5. The van der Waals surface area contributed by atoms with Crippen LogP contribution in [0.2, 0.25) is 5.02 Å². The quantitative estimate of drug-likeness (QED) is 0.654. The van der Waals surface area contributed by atoms with Crippen molar-refractivity contribution in [2.45, 2.75) is 11.7 Å². The predicted molar refractivity (Wildman–Crippen MR) is 78.8 cm³/mol. The van der Waals surface area contributed by atoms with E-state index in [0.717, 1.165) is 0 Å². The highest BCUT2D eigenvalue weighted by Gasteiger charge is 2.09. The van der Waals surface area contributed by atoms with Crippen molar-refractivity contribution in [2.75, 3.05) is 11.1 Å². The van der Waals surface area contributed by atoms with Crippen LogP contribution in [0.1, 0.15) is 0 Å². The second kappa shape index (κ2) is 7.06. The van der Waals surface area contributed by atoms with E-state index in [9.17, 15) is 4.79 Å². The number of nitrogens with one attached hydrogen (secondary N) is 1. The van der Waals surface area contributed by atoms with Crippen LogP contribution in [0.3, 0.4) is 0 Å². The van der Waals surface area contributed by atoms with E-state index < -0.39 is 0 Å². The average Bonchev–Trinajstić information content (AvgIpc) is 2.87. The van der Waals surface area contributed by atoms with E-state index in [0.29, 0.717) is 22.4 Å². The van der Waals surface area contributed by atoms with E-state index >= 15 is 0 Å². The molecule has 0 fully saturated rings. The van der Waals surface area contributed by atoms with Crippen LogP contribution in [-0.2, 0) is 11.3 Å². The molecule has 0 bridgehead atoms. The second-order valence-electron chi connectivity index (χ2n) is 3.78. The molecule has 0 radical (unpaired) electrons. The molecule has 0 atom stereocenters. The Balaban J connectivity index is 1.87. The van der Waals surface area contributed by atoms with Gasteiger partial charge in [0.15, 0.2) is 0 Å². The number of benzene rings is 1. The normalized spacial score (nSPS) is 10.2. The van der Waals surface area contributed by atoms with E-state index in [1.54, 1.807) is 35.0 Å². The zero-order valence-electron chi connectivity index (χ0n) is 10.5. The van der Waals surface area contributed by atoms with Crippen LogP contribution >= 0.6 is 23.4 Å². The zero-order chi connectivity index (χ0) is 14.4. The third-order valence-corrected chi connectivity index (χ3v) is 3.47. The van der Waals surface area contributed by atoms with Crippen molar-refractivity contribution in [1.29, 1.82) is 0 Å². The van der Waals surface area contributed by atoms with Crippen LogP contribution < -0.4 is 5.32 Å². The SMILES string of the molecule is C=CCn1nnnc1SCC(=O)Nc1ccc(Cl)cc1. The summed E-state index contributed by atoms with van der Waals surface area (Å²) in [6, 6.07) is 6.92. The van der Waals surface area contributed by atoms with E-state index in [-0.39, 0.29) is 11.7 Å². The summed E-state index contributed by atoms with van der Waals surface area (Å²) in [5, 5.41) is 15.2. The third kappa shape index (κ3) is 4.07. The van der Waals surface area contributed by atoms with Gasteiger partial charge in [-0.15, -0.1) is 11.7 Å². The van der Waals surface area contributed by atoms with Gasteiger partial charge in [0.05, 0.1) is 12.3 Å². The molecule has 1 aromatic heterocycles. The fourth-order valence-electron chi connectivity index (χ4n) is 1.40. The highest BCUT2D eigenvalue weighted by atomic mass is 35.5. The van der Waals surface area contributed by atoms with Crippen LogP contribution in [0.25, 0.3) is 0 Å². The van der Waals surface area contributed by atoms with Gasteiger partial charge in [-0.2, -0.15) is 0 Å². The molecule has 1 aromatic carbocycles. The number of carbonyl (C=O) groups excluding carboxylic acids is 1. The Kier molecular flexibility index (Phi) is 5.14. The molecule has 6 nitrogen and oxygen atoms in total. The summed E-state index contributed by atoms with van der Waals surface area (Å²) in [6.45, 7) is 4.13. The average molecular weight is 310 g/mol. The molecule has 2 rings (SSSR count). The molecule has 104 valence electrons. The molecule has 0 aliphatic rings. The van der Waals surface area contributed by atoms with Gasteiger partial charge in [-0.25, -0.2) is 4.68 Å². The Hall–Kier alpha value is -1.86. The summed E-state index contributed by atoms with van der Waals surface area (Å²) in [6.07, 6.45) is 1.69. The first-order valence-corrected chi connectivity index (χ1v) is 7.10. The molecular weight excluding hydrogens is 298 g/mol. The first-order valence-electron chi connectivity index (χ1n) is 5.74. The molecule has 0 spiro atoms. The number of tetrazole rings is 1. The number of halogens is 1. The van der Waals surface area contributed by atoms with Gasteiger partial charge in [-0.3, -0.25) is 4.79 Å². The molecule has 20 heavy (non-hydrogen) atoms. The van der Waals surface area contributed by atoms with Crippen LogP contribution in [0.15, 0.2) is 42.1 Å². The monoisotopic (exact) mass is 309 g/mol. The molecule has 2 aromatic rings. The number of thioether (sulfide) groups is 1. The molecule has 0 aliphatic carbocycles. The van der Waals surface area contributed by atoms with Crippen molar-refractivity contribution < 1.29 is 4.79 Å². The third-order valence-electron chi connectivity index (χ3n) is 2.26. The molecule has 1 heterocycles. The Morgan fingerprint density at radius 3 is 2.90 bits per heavy atom. The maximum atomic E-state index is 11.8. The lowest BCUT2D eigenvalue weighted by Gasteiger charge is -2.05. The van der Waals surface area contributed by atoms with Crippen LogP contribution in [-0.4, -0.2) is 31.9 Å². The summed E-state index contributed by atoms with van der Waals surface area (Å²) in [5.41, 5.74) is 0.700. The van der Waals surface area contributed by atoms with Gasteiger partial charge in [-0.05, 0) is 34.7 Å². The van der Waals surface area contributed by atoms with Crippen molar-refractivity contribution in [3.05, 3.63) is 41.9 Å². The fourth-order valence-corrected chi connectivity index (χ4v) is 2.21. The van der Waals surface area contributed by atoms with Gasteiger partial charge in [0, 0.05) is 10.7 Å². The standard InChI is InChI=1S/C12H12ClN5OS/c1-2-7-18-12(15-16-17-18)20-8-11(19)14-10-5-3-9(13)4-6-10/h2-6H,1,7-8H2,(H,14,19). The largest absolute Gasteiger partial charge is 0.325 e. The lowest BCUT2D eigenvalue weighted by Crippen LogP contribution is -2.14. The number of hydrogen-bond acceptors (Lipinski definition) is 5. The molecule has 1 amide bonds. The Morgan fingerprint density at radius 1 is 1.45 bits per heavy atom. The zero-order valence-corrected chi connectivity index (χ0v) is 12.1. The number of allylic oxidation sites excluding steroid dienone is 1. The number of carbonyl (C=O) groups is 1. The summed E-state index contributed by atoms with van der Waals surface area (Å²) < 4.78 is 1.58. The van der Waals surface area contributed by atoms with E-state index in [1.165, 1.54) is 11.8 Å². The van der Waals surface area contributed by atoms with Crippen molar-refractivity contribution in [3.8, 4) is 0 Å². The molecule has 1 N–H and O–H groups in total. The number of anilines is 1. The number of hydrogen-bond donors (Lipinski definition) is 1. The minimum Gasteiger partial charge on any atom is -0.325 e. The van der Waals surface area contributed by atoms with Crippen LogP contribution in [0, 0.1) is 0 Å². The van der Waals surface area contributed by atoms with E-state index in [1.807, 2.05) is 0 Å². The van der Waals surface area contributed by atoms with Gasteiger partial charge in [-0.1, -0.05) is 29.4 Å². The highest BCUT2D eigenvalue weighted by Crippen LogP contribution is 2.16. The number of rotatable bonds is 6. The Bertz CT molecular complexity index is 598. The summed E-state index contributed by atoms with van der Waals surface area (Å²) in [5.74, 6) is 0.0885. The predicted octanol–water partition coefficient (Wildman–Crippen LogP) is 2.24. The van der Waals surface area contributed by atoms with Gasteiger partial charge in [0.1, 0.15) is 0 Å². The fraction of sp³-hybridized carbons (Fsp3) is 0.167. The van der Waals surface area contributed by atoms with E-state index in [4.69, 9.17) is 11.6 Å². The lowest BCUT2D eigenvalue weighted by atomic mass is 10.3. The topological polar surface area (TPSA) is 72.7 Å². The molecule has 0 aliphatic heterocycles. The second-order valence-corrected chi connectivity index (χ2v) is 5.15. The summed E-state index contributed by atoms with van der Waals surface area (Å²) in [7, 11) is 0.